The number of piperazine rings is 1. The van der Waals surface area contributed by atoms with E-state index in [1.54, 1.807) is 36.4 Å². The van der Waals surface area contributed by atoms with Crippen molar-refractivity contribution in [2.45, 2.75) is 18.2 Å². The van der Waals surface area contributed by atoms with Gasteiger partial charge in [-0.25, -0.2) is 8.42 Å². The Kier molecular flexibility index (Phi) is 6.82. The molecule has 1 saturated heterocycles. The molecule has 0 atom stereocenters. The maximum atomic E-state index is 12.5. The Balaban J connectivity index is 1.67. The number of rotatable bonds is 6. The van der Waals surface area contributed by atoms with Crippen molar-refractivity contribution < 1.29 is 13.2 Å². The minimum Gasteiger partial charge on any atom is -0.367 e. The van der Waals surface area contributed by atoms with E-state index in [9.17, 15) is 13.2 Å². The molecule has 2 aromatic carbocycles. The maximum absolute atomic E-state index is 12.5. The van der Waals surface area contributed by atoms with Crippen LogP contribution >= 0.6 is 11.6 Å². The van der Waals surface area contributed by atoms with Crippen molar-refractivity contribution in [2.75, 3.05) is 49.2 Å². The molecule has 0 spiro atoms. The number of nitrogens with one attached hydrogen (secondary N) is 1. The molecular formula is C21H26ClN3O3S. The van der Waals surface area contributed by atoms with Gasteiger partial charge in [0.25, 0.3) is 0 Å². The number of anilines is 2. The molecule has 3 rings (SSSR count). The lowest BCUT2D eigenvalue weighted by Gasteiger charge is -2.35. The second-order valence-corrected chi connectivity index (χ2v) is 9.93. The molecule has 6 nitrogen and oxygen atoms in total. The Morgan fingerprint density at radius 1 is 1.07 bits per heavy atom. The van der Waals surface area contributed by atoms with Crippen molar-refractivity contribution >= 4 is 38.7 Å². The number of halogens is 1. The van der Waals surface area contributed by atoms with E-state index in [0.29, 0.717) is 10.7 Å². The van der Waals surface area contributed by atoms with E-state index in [2.05, 4.69) is 22.2 Å². The van der Waals surface area contributed by atoms with Gasteiger partial charge in [-0.05, 0) is 44.3 Å². The Labute approximate surface area is 177 Å². The molecule has 1 N–H and O–H groups in total. The molecule has 1 aliphatic rings. The van der Waals surface area contributed by atoms with Gasteiger partial charge in [0.05, 0.1) is 22.0 Å². The molecule has 0 unspecified atom stereocenters. The minimum absolute atomic E-state index is 0.120. The first-order valence-corrected chi connectivity index (χ1v) is 11.6. The summed E-state index contributed by atoms with van der Waals surface area (Å²) in [5.41, 5.74) is 2.50. The summed E-state index contributed by atoms with van der Waals surface area (Å²) in [6.45, 7) is 5.47. The molecule has 0 aliphatic carbocycles. The van der Waals surface area contributed by atoms with E-state index < -0.39 is 9.84 Å². The summed E-state index contributed by atoms with van der Waals surface area (Å²) < 4.78 is 25.0. The fraction of sp³-hybridized carbons (Fsp3) is 0.381. The fourth-order valence-corrected chi connectivity index (χ4v) is 4.65. The van der Waals surface area contributed by atoms with Crippen molar-refractivity contribution in [1.82, 2.24) is 4.90 Å². The van der Waals surface area contributed by atoms with E-state index in [0.717, 1.165) is 37.4 Å². The number of carbonyl (C=O) groups excluding carboxylic acids is 1. The van der Waals surface area contributed by atoms with Crippen molar-refractivity contribution in [1.29, 1.82) is 0 Å². The molecular weight excluding hydrogens is 410 g/mol. The summed E-state index contributed by atoms with van der Waals surface area (Å²) in [4.78, 5) is 17.2. The summed E-state index contributed by atoms with van der Waals surface area (Å²) in [6.07, 6.45) is -0.120. The largest absolute Gasteiger partial charge is 0.367 e. The monoisotopic (exact) mass is 435 g/mol. The normalized spacial score (nSPS) is 15.3. The summed E-state index contributed by atoms with van der Waals surface area (Å²) in [6, 6.07) is 12.1. The number of nitrogens with zero attached hydrogens (tertiary/aromatic N) is 2. The van der Waals surface area contributed by atoms with E-state index in [1.165, 1.54) is 0 Å². The SMILES string of the molecule is Cc1ccc(S(=O)(=O)CCC(=O)Nc2cc(Cl)ccc2N2CCN(C)CC2)cc1. The zero-order chi connectivity index (χ0) is 21.0. The maximum Gasteiger partial charge on any atom is 0.225 e. The van der Waals surface area contributed by atoms with Gasteiger partial charge in [0.15, 0.2) is 9.84 Å². The van der Waals surface area contributed by atoms with Crippen molar-refractivity contribution in [3.63, 3.8) is 0 Å². The highest BCUT2D eigenvalue weighted by Crippen LogP contribution is 2.30. The highest BCUT2D eigenvalue weighted by atomic mass is 35.5. The smallest absolute Gasteiger partial charge is 0.225 e. The number of hydrogen-bond acceptors (Lipinski definition) is 5. The second kappa shape index (κ2) is 9.15. The Hall–Kier alpha value is -2.09. The summed E-state index contributed by atoms with van der Waals surface area (Å²) in [5.74, 6) is -0.593. The topological polar surface area (TPSA) is 69.7 Å². The van der Waals surface area contributed by atoms with Crippen LogP contribution in [0.4, 0.5) is 11.4 Å². The number of likely N-dealkylation sites (N-methyl/N-ethyl adjacent to an activating group) is 1. The van der Waals surface area contributed by atoms with Gasteiger partial charge in [0, 0.05) is 37.6 Å². The third-order valence-corrected chi connectivity index (χ3v) is 7.02. The van der Waals surface area contributed by atoms with Crippen molar-refractivity contribution in [3.8, 4) is 0 Å². The van der Waals surface area contributed by atoms with Crippen LogP contribution in [0.25, 0.3) is 0 Å². The van der Waals surface area contributed by atoms with Crippen LogP contribution in [0.2, 0.25) is 5.02 Å². The standard InChI is InChI=1S/C21H26ClN3O3S/c1-16-3-6-18(7-4-16)29(27,28)14-9-21(26)23-19-15-17(22)5-8-20(19)25-12-10-24(2)11-13-25/h3-8,15H,9-14H2,1-2H3,(H,23,26). The van der Waals surface area contributed by atoms with Crippen LogP contribution in [0.5, 0.6) is 0 Å². The molecule has 1 fully saturated rings. The highest BCUT2D eigenvalue weighted by molar-refractivity contribution is 7.91. The molecule has 0 radical (unpaired) electrons. The summed E-state index contributed by atoms with van der Waals surface area (Å²) in [7, 11) is -1.43. The molecule has 0 aromatic heterocycles. The number of hydrogen-bond donors (Lipinski definition) is 1. The molecule has 2 aromatic rings. The lowest BCUT2D eigenvalue weighted by molar-refractivity contribution is -0.115. The number of carbonyl (C=O) groups is 1. The predicted molar refractivity (Wildman–Crippen MR) is 118 cm³/mol. The third kappa shape index (κ3) is 5.72. The first kappa shape index (κ1) is 21.6. The number of benzene rings is 2. The lowest BCUT2D eigenvalue weighted by Crippen LogP contribution is -2.44. The van der Waals surface area contributed by atoms with Gasteiger partial charge < -0.3 is 15.1 Å². The summed E-state index contributed by atoms with van der Waals surface area (Å²) >= 11 is 6.13. The quantitative estimate of drug-likeness (QED) is 0.754. The number of sulfone groups is 1. The molecule has 0 saturated carbocycles. The lowest BCUT2D eigenvalue weighted by atomic mass is 10.2. The summed E-state index contributed by atoms with van der Waals surface area (Å²) in [5, 5.41) is 3.37. The Morgan fingerprint density at radius 3 is 2.38 bits per heavy atom. The average Bonchev–Trinajstić information content (AvgIpc) is 2.68. The number of amides is 1. The zero-order valence-corrected chi connectivity index (χ0v) is 18.3. The van der Waals surface area contributed by atoms with Gasteiger partial charge in [-0.2, -0.15) is 0 Å². The first-order valence-electron chi connectivity index (χ1n) is 9.57. The van der Waals surface area contributed by atoms with Crippen LogP contribution in [-0.2, 0) is 14.6 Å². The van der Waals surface area contributed by atoms with Crippen LogP contribution in [-0.4, -0.2) is 58.2 Å². The van der Waals surface area contributed by atoms with Gasteiger partial charge >= 0.3 is 0 Å². The van der Waals surface area contributed by atoms with Crippen molar-refractivity contribution in [3.05, 3.63) is 53.1 Å². The zero-order valence-electron chi connectivity index (χ0n) is 16.7. The Morgan fingerprint density at radius 2 is 1.72 bits per heavy atom. The van der Waals surface area contributed by atoms with Gasteiger partial charge in [0.1, 0.15) is 0 Å². The highest BCUT2D eigenvalue weighted by Gasteiger charge is 2.20. The van der Waals surface area contributed by atoms with Crippen LogP contribution in [0.1, 0.15) is 12.0 Å². The van der Waals surface area contributed by atoms with Gasteiger partial charge in [-0.3, -0.25) is 4.79 Å². The third-order valence-electron chi connectivity index (χ3n) is 5.05. The molecule has 0 bridgehead atoms. The minimum atomic E-state index is -3.51. The van der Waals surface area contributed by atoms with Crippen LogP contribution in [0.3, 0.4) is 0 Å². The van der Waals surface area contributed by atoms with Gasteiger partial charge in [-0.15, -0.1) is 0 Å². The average molecular weight is 436 g/mol. The Bertz CT molecular complexity index is 969. The molecule has 1 heterocycles. The van der Waals surface area contributed by atoms with Gasteiger partial charge in [0.2, 0.25) is 5.91 Å². The number of aryl methyl sites for hydroxylation is 1. The van der Waals surface area contributed by atoms with Gasteiger partial charge in [-0.1, -0.05) is 29.3 Å². The van der Waals surface area contributed by atoms with Crippen LogP contribution in [0, 0.1) is 6.92 Å². The molecule has 1 aliphatic heterocycles. The van der Waals surface area contributed by atoms with E-state index in [4.69, 9.17) is 11.6 Å². The molecule has 1 amide bonds. The fourth-order valence-electron chi connectivity index (χ4n) is 3.23. The molecule has 29 heavy (non-hydrogen) atoms. The first-order chi connectivity index (χ1) is 13.7. The molecule has 156 valence electrons. The van der Waals surface area contributed by atoms with E-state index in [1.807, 2.05) is 13.0 Å². The second-order valence-electron chi connectivity index (χ2n) is 7.38. The molecule has 8 heteroatoms. The predicted octanol–water partition coefficient (Wildman–Crippen LogP) is 3.20. The van der Waals surface area contributed by atoms with Crippen LogP contribution < -0.4 is 10.2 Å². The van der Waals surface area contributed by atoms with Crippen LogP contribution in [0.15, 0.2) is 47.4 Å². The van der Waals surface area contributed by atoms with E-state index in [-0.39, 0.29) is 23.0 Å². The van der Waals surface area contributed by atoms with E-state index >= 15 is 0 Å². The van der Waals surface area contributed by atoms with Crippen molar-refractivity contribution in [2.24, 2.45) is 0 Å².